The summed E-state index contributed by atoms with van der Waals surface area (Å²) in [4.78, 5) is 15.7. The van der Waals surface area contributed by atoms with E-state index in [9.17, 15) is 4.79 Å². The Bertz CT molecular complexity index is 660. The molecule has 0 spiro atoms. The van der Waals surface area contributed by atoms with Gasteiger partial charge in [0.05, 0.1) is 13.2 Å². The zero-order valence-corrected chi connectivity index (χ0v) is 16.3. The molecule has 0 atom stereocenters. The topological polar surface area (TPSA) is 41.6 Å². The summed E-state index contributed by atoms with van der Waals surface area (Å²) >= 11 is 0. The number of amides is 1. The van der Waals surface area contributed by atoms with Gasteiger partial charge in [0.1, 0.15) is 0 Å². The summed E-state index contributed by atoms with van der Waals surface area (Å²) in [5.41, 5.74) is 2.56. The Morgan fingerprint density at radius 2 is 1.59 bits per heavy atom. The maximum atomic E-state index is 13.2. The molecule has 146 valence electrons. The first-order valence-corrected chi connectivity index (χ1v) is 10.9. The molecule has 0 aromatic heterocycles. The number of rotatable bonds is 5. The van der Waals surface area contributed by atoms with Crippen LogP contribution in [0.15, 0.2) is 24.3 Å². The second-order valence-electron chi connectivity index (χ2n) is 9.54. The maximum absolute atomic E-state index is 13.2. The highest BCUT2D eigenvalue weighted by molar-refractivity contribution is 5.83. The summed E-state index contributed by atoms with van der Waals surface area (Å²) in [5, 5.41) is 3.35. The number of nitrogens with one attached hydrogen (secondary N) is 1. The lowest BCUT2D eigenvalue weighted by atomic mass is 9.49. The molecule has 1 aliphatic heterocycles. The normalized spacial score (nSPS) is 35.3. The number of hydrogen-bond donors (Lipinski definition) is 1. The molecule has 0 unspecified atom stereocenters. The molecule has 0 radical (unpaired) electrons. The van der Waals surface area contributed by atoms with Crippen LogP contribution in [-0.4, -0.2) is 37.1 Å². The summed E-state index contributed by atoms with van der Waals surface area (Å²) in [5.74, 6) is 2.78. The van der Waals surface area contributed by atoms with Crippen molar-refractivity contribution in [2.24, 2.45) is 23.2 Å². The summed E-state index contributed by atoms with van der Waals surface area (Å²) < 4.78 is 5.46. The van der Waals surface area contributed by atoms with Crippen molar-refractivity contribution < 1.29 is 9.53 Å². The Morgan fingerprint density at radius 1 is 1.00 bits per heavy atom. The highest BCUT2D eigenvalue weighted by atomic mass is 16.5. The second kappa shape index (κ2) is 7.21. The van der Waals surface area contributed by atoms with Gasteiger partial charge in [-0.25, -0.2) is 0 Å². The average molecular weight is 369 g/mol. The molecule has 1 N–H and O–H groups in total. The van der Waals surface area contributed by atoms with Crippen LogP contribution in [0.4, 0.5) is 0 Å². The molecular weight excluding hydrogens is 336 g/mol. The predicted molar refractivity (Wildman–Crippen MR) is 105 cm³/mol. The van der Waals surface area contributed by atoms with Crippen molar-refractivity contribution >= 4 is 5.91 Å². The molecule has 4 heteroatoms. The third-order valence-corrected chi connectivity index (χ3v) is 7.58. The first-order valence-electron chi connectivity index (χ1n) is 10.9. The van der Waals surface area contributed by atoms with E-state index in [4.69, 9.17) is 4.74 Å². The Hall–Kier alpha value is -1.39. The van der Waals surface area contributed by atoms with Gasteiger partial charge in [0.15, 0.2) is 0 Å². The number of hydrogen-bond acceptors (Lipinski definition) is 3. The largest absolute Gasteiger partial charge is 0.379 e. The number of morpholine rings is 1. The molecule has 1 amide bonds. The van der Waals surface area contributed by atoms with E-state index in [-0.39, 0.29) is 5.41 Å². The van der Waals surface area contributed by atoms with Crippen LogP contribution in [0.1, 0.15) is 49.7 Å². The predicted octanol–water partition coefficient (Wildman–Crippen LogP) is 3.35. The minimum absolute atomic E-state index is 0.0477. The van der Waals surface area contributed by atoms with E-state index in [1.54, 1.807) is 0 Å². The standard InChI is InChI=1S/C23H32N2O2/c26-22(23-12-17-9-18(13-23)11-19(10-17)14-23)24-15-20-3-1-2-4-21(20)16-25-5-7-27-8-6-25/h1-4,17-19H,5-16H2,(H,24,26). The fraction of sp³-hybridized carbons (Fsp3) is 0.696. The van der Waals surface area contributed by atoms with Gasteiger partial charge in [-0.3, -0.25) is 9.69 Å². The molecule has 5 fully saturated rings. The van der Waals surface area contributed by atoms with Crippen LogP contribution in [-0.2, 0) is 22.6 Å². The van der Waals surface area contributed by atoms with E-state index in [1.807, 2.05) is 0 Å². The number of nitrogens with zero attached hydrogens (tertiary/aromatic N) is 1. The monoisotopic (exact) mass is 368 g/mol. The SMILES string of the molecule is O=C(NCc1ccccc1CN1CCOCC1)C12CC3CC(CC(C3)C1)C2. The molecule has 4 saturated carbocycles. The number of carbonyl (C=O) groups excluding carboxylic acids is 1. The van der Waals surface area contributed by atoms with Gasteiger partial charge >= 0.3 is 0 Å². The molecule has 27 heavy (non-hydrogen) atoms. The first-order chi connectivity index (χ1) is 13.2. The van der Waals surface area contributed by atoms with Gasteiger partial charge < -0.3 is 10.1 Å². The molecule has 4 bridgehead atoms. The van der Waals surface area contributed by atoms with Crippen LogP contribution >= 0.6 is 0 Å². The highest BCUT2D eigenvalue weighted by Gasteiger charge is 2.54. The van der Waals surface area contributed by atoms with Crippen LogP contribution in [0, 0.1) is 23.2 Å². The molecule has 4 nitrogen and oxygen atoms in total. The van der Waals surface area contributed by atoms with Crippen molar-refractivity contribution in [1.82, 2.24) is 10.2 Å². The minimum atomic E-state index is -0.0477. The van der Waals surface area contributed by atoms with E-state index in [0.29, 0.717) is 12.5 Å². The Morgan fingerprint density at radius 3 is 2.22 bits per heavy atom. The molecule has 1 saturated heterocycles. The van der Waals surface area contributed by atoms with E-state index >= 15 is 0 Å². The molecule has 1 aromatic rings. The van der Waals surface area contributed by atoms with Crippen LogP contribution < -0.4 is 5.32 Å². The van der Waals surface area contributed by atoms with Crippen molar-refractivity contribution in [3.8, 4) is 0 Å². The van der Waals surface area contributed by atoms with Crippen molar-refractivity contribution in [1.29, 1.82) is 0 Å². The molecular formula is C23H32N2O2. The van der Waals surface area contributed by atoms with Gasteiger partial charge in [-0.05, 0) is 67.4 Å². The first kappa shape index (κ1) is 17.7. The lowest BCUT2D eigenvalue weighted by Gasteiger charge is -2.55. The summed E-state index contributed by atoms with van der Waals surface area (Å²) in [6.07, 6.45) is 7.57. The Balaban J connectivity index is 1.24. The van der Waals surface area contributed by atoms with Crippen LogP contribution in [0.5, 0.6) is 0 Å². The zero-order valence-electron chi connectivity index (χ0n) is 16.3. The van der Waals surface area contributed by atoms with E-state index in [2.05, 4.69) is 34.5 Å². The minimum Gasteiger partial charge on any atom is -0.379 e. The second-order valence-corrected chi connectivity index (χ2v) is 9.54. The van der Waals surface area contributed by atoms with E-state index in [0.717, 1.165) is 69.9 Å². The Labute approximate surface area is 162 Å². The molecule has 1 aromatic carbocycles. The fourth-order valence-electron chi connectivity index (χ4n) is 6.64. The van der Waals surface area contributed by atoms with Gasteiger partial charge in [0.25, 0.3) is 0 Å². The fourth-order valence-corrected chi connectivity index (χ4v) is 6.64. The molecule has 6 rings (SSSR count). The summed E-state index contributed by atoms with van der Waals surface area (Å²) in [6, 6.07) is 8.59. The Kier molecular flexibility index (Phi) is 4.73. The molecule has 4 aliphatic carbocycles. The van der Waals surface area contributed by atoms with Crippen LogP contribution in [0.3, 0.4) is 0 Å². The van der Waals surface area contributed by atoms with Crippen molar-refractivity contribution in [3.05, 3.63) is 35.4 Å². The third kappa shape index (κ3) is 3.54. The zero-order chi connectivity index (χ0) is 18.3. The van der Waals surface area contributed by atoms with Gasteiger partial charge in [-0.1, -0.05) is 24.3 Å². The van der Waals surface area contributed by atoms with Crippen molar-refractivity contribution in [2.75, 3.05) is 26.3 Å². The summed E-state index contributed by atoms with van der Waals surface area (Å²) in [7, 11) is 0. The highest BCUT2D eigenvalue weighted by Crippen LogP contribution is 2.60. The van der Waals surface area contributed by atoms with E-state index in [1.165, 1.54) is 30.4 Å². The van der Waals surface area contributed by atoms with Gasteiger partial charge in [-0.2, -0.15) is 0 Å². The lowest BCUT2D eigenvalue weighted by Crippen LogP contribution is -2.53. The molecule has 1 heterocycles. The van der Waals surface area contributed by atoms with Gasteiger partial charge in [-0.15, -0.1) is 0 Å². The lowest BCUT2D eigenvalue weighted by molar-refractivity contribution is -0.146. The number of benzene rings is 1. The van der Waals surface area contributed by atoms with E-state index < -0.39 is 0 Å². The van der Waals surface area contributed by atoms with Gasteiger partial charge in [0, 0.05) is 31.6 Å². The molecule has 5 aliphatic rings. The van der Waals surface area contributed by atoms with Crippen molar-refractivity contribution in [2.45, 2.75) is 51.6 Å². The number of ether oxygens (including phenoxy) is 1. The van der Waals surface area contributed by atoms with Crippen LogP contribution in [0.25, 0.3) is 0 Å². The van der Waals surface area contributed by atoms with Gasteiger partial charge in [0.2, 0.25) is 5.91 Å². The maximum Gasteiger partial charge on any atom is 0.226 e. The number of carbonyl (C=O) groups is 1. The summed E-state index contributed by atoms with van der Waals surface area (Å²) in [6.45, 7) is 5.26. The van der Waals surface area contributed by atoms with Crippen molar-refractivity contribution in [3.63, 3.8) is 0 Å². The smallest absolute Gasteiger partial charge is 0.226 e. The third-order valence-electron chi connectivity index (χ3n) is 7.58. The quantitative estimate of drug-likeness (QED) is 0.867. The average Bonchev–Trinajstić information content (AvgIpc) is 2.67. The van der Waals surface area contributed by atoms with Crippen LogP contribution in [0.2, 0.25) is 0 Å².